The highest BCUT2D eigenvalue weighted by atomic mass is 79.9. The maximum atomic E-state index is 12.0. The molecule has 0 amide bonds. The predicted octanol–water partition coefficient (Wildman–Crippen LogP) is 2.57. The smallest absolute Gasteiger partial charge is 0.320 e. The molecule has 0 saturated carbocycles. The van der Waals surface area contributed by atoms with Crippen molar-refractivity contribution in [2.75, 3.05) is 13.1 Å². The molecule has 4 nitrogen and oxygen atoms in total. The van der Waals surface area contributed by atoms with Gasteiger partial charge in [0, 0.05) is 23.0 Å². The van der Waals surface area contributed by atoms with Crippen molar-refractivity contribution in [3.8, 4) is 0 Å². The Hall–Kier alpha value is -1.20. The second-order valence-corrected chi connectivity index (χ2v) is 5.63. The first-order valence-corrected chi connectivity index (χ1v) is 7.13. The molecule has 0 radical (unpaired) electrons. The fourth-order valence-electron chi connectivity index (χ4n) is 2.40. The van der Waals surface area contributed by atoms with Crippen LogP contribution in [-0.2, 0) is 4.79 Å². The molecular weight excluding hydrogens is 310 g/mol. The van der Waals surface area contributed by atoms with Gasteiger partial charge in [-0.3, -0.25) is 14.5 Å². The first-order chi connectivity index (χ1) is 9.08. The predicted molar refractivity (Wildman–Crippen MR) is 75.3 cm³/mol. The van der Waals surface area contributed by atoms with Gasteiger partial charge in [-0.15, -0.1) is 0 Å². The fourth-order valence-corrected chi connectivity index (χ4v) is 2.66. The molecule has 1 aromatic carbocycles. The van der Waals surface area contributed by atoms with Gasteiger partial charge in [-0.25, -0.2) is 0 Å². The number of likely N-dealkylation sites (tertiary alicyclic amines) is 1. The van der Waals surface area contributed by atoms with Crippen LogP contribution in [0.2, 0.25) is 0 Å². The molecule has 0 spiro atoms. The number of hydrogen-bond acceptors (Lipinski definition) is 3. The highest BCUT2D eigenvalue weighted by molar-refractivity contribution is 9.10. The number of carboxylic acids is 1. The van der Waals surface area contributed by atoms with E-state index in [1.165, 1.54) is 0 Å². The zero-order valence-electron chi connectivity index (χ0n) is 10.5. The number of aliphatic carboxylic acids is 1. The Bertz CT molecular complexity index is 472. The summed E-state index contributed by atoms with van der Waals surface area (Å²) in [5.41, 5.74) is 0.675. The lowest BCUT2D eigenvalue weighted by Crippen LogP contribution is -2.37. The SMILES string of the molecule is O=C(CCN1CCCC1C(=O)O)c1ccc(Br)cc1. The Balaban J connectivity index is 1.90. The molecule has 1 N–H and O–H groups in total. The van der Waals surface area contributed by atoms with E-state index in [9.17, 15) is 9.59 Å². The van der Waals surface area contributed by atoms with Gasteiger partial charge in [-0.2, -0.15) is 0 Å². The van der Waals surface area contributed by atoms with E-state index in [0.29, 0.717) is 24.9 Å². The fraction of sp³-hybridized carbons (Fsp3) is 0.429. The summed E-state index contributed by atoms with van der Waals surface area (Å²) in [4.78, 5) is 24.9. The van der Waals surface area contributed by atoms with Crippen molar-refractivity contribution in [1.29, 1.82) is 0 Å². The van der Waals surface area contributed by atoms with Crippen molar-refractivity contribution >= 4 is 27.7 Å². The van der Waals surface area contributed by atoms with E-state index in [4.69, 9.17) is 5.11 Å². The number of halogens is 1. The molecule has 1 atom stereocenters. The Morgan fingerprint density at radius 3 is 2.63 bits per heavy atom. The van der Waals surface area contributed by atoms with Crippen LogP contribution in [-0.4, -0.2) is 40.9 Å². The minimum atomic E-state index is -0.784. The Morgan fingerprint density at radius 1 is 1.32 bits per heavy atom. The first kappa shape index (κ1) is 14.2. The minimum Gasteiger partial charge on any atom is -0.480 e. The maximum absolute atomic E-state index is 12.0. The number of benzene rings is 1. The molecule has 1 fully saturated rings. The number of Topliss-reactive ketones (excluding diaryl/α,β-unsaturated/α-hetero) is 1. The molecule has 0 aromatic heterocycles. The second kappa shape index (κ2) is 6.30. The third-order valence-corrected chi connectivity index (χ3v) is 3.97. The normalized spacial score (nSPS) is 19.5. The Morgan fingerprint density at radius 2 is 2.00 bits per heavy atom. The van der Waals surface area contributed by atoms with Crippen LogP contribution in [0.3, 0.4) is 0 Å². The van der Waals surface area contributed by atoms with Crippen molar-refractivity contribution < 1.29 is 14.7 Å². The van der Waals surface area contributed by atoms with Gasteiger partial charge in [-0.05, 0) is 31.5 Å². The van der Waals surface area contributed by atoms with E-state index in [-0.39, 0.29) is 5.78 Å². The van der Waals surface area contributed by atoms with Crippen molar-refractivity contribution in [2.24, 2.45) is 0 Å². The maximum Gasteiger partial charge on any atom is 0.320 e. The molecule has 5 heteroatoms. The molecule has 1 aliphatic rings. The van der Waals surface area contributed by atoms with Crippen LogP contribution in [0.4, 0.5) is 0 Å². The summed E-state index contributed by atoms with van der Waals surface area (Å²) in [6.07, 6.45) is 1.94. The number of carbonyl (C=O) groups excluding carboxylic acids is 1. The van der Waals surface area contributed by atoms with Crippen LogP contribution in [0.15, 0.2) is 28.7 Å². The molecule has 1 heterocycles. The quantitative estimate of drug-likeness (QED) is 0.845. The molecule has 19 heavy (non-hydrogen) atoms. The Labute approximate surface area is 120 Å². The van der Waals surface area contributed by atoms with Gasteiger partial charge in [0.25, 0.3) is 0 Å². The van der Waals surface area contributed by atoms with E-state index in [0.717, 1.165) is 17.4 Å². The summed E-state index contributed by atoms with van der Waals surface area (Å²) in [5.74, 6) is -0.725. The van der Waals surface area contributed by atoms with Gasteiger partial charge in [0.15, 0.2) is 5.78 Å². The lowest BCUT2D eigenvalue weighted by atomic mass is 10.1. The average Bonchev–Trinajstić information content (AvgIpc) is 2.85. The van der Waals surface area contributed by atoms with Gasteiger partial charge in [0.1, 0.15) is 6.04 Å². The summed E-state index contributed by atoms with van der Waals surface area (Å²) >= 11 is 3.33. The molecule has 1 saturated heterocycles. The molecule has 102 valence electrons. The topological polar surface area (TPSA) is 57.6 Å². The number of ketones is 1. The van der Waals surface area contributed by atoms with E-state index in [2.05, 4.69) is 15.9 Å². The molecule has 2 rings (SSSR count). The summed E-state index contributed by atoms with van der Waals surface area (Å²) < 4.78 is 0.939. The number of hydrogen-bond donors (Lipinski definition) is 1. The zero-order valence-corrected chi connectivity index (χ0v) is 12.1. The first-order valence-electron chi connectivity index (χ1n) is 6.33. The lowest BCUT2D eigenvalue weighted by Gasteiger charge is -2.20. The number of carboxylic acid groups (broad SMARTS) is 1. The van der Waals surface area contributed by atoms with E-state index < -0.39 is 12.0 Å². The summed E-state index contributed by atoms with van der Waals surface area (Å²) in [6, 6.07) is 6.82. The second-order valence-electron chi connectivity index (χ2n) is 4.71. The van der Waals surface area contributed by atoms with Gasteiger partial charge in [-0.1, -0.05) is 28.1 Å². The monoisotopic (exact) mass is 325 g/mol. The molecule has 1 aromatic rings. The highest BCUT2D eigenvalue weighted by Crippen LogP contribution is 2.18. The van der Waals surface area contributed by atoms with Crippen molar-refractivity contribution in [1.82, 2.24) is 4.90 Å². The summed E-state index contributed by atoms with van der Waals surface area (Å²) in [5, 5.41) is 9.06. The highest BCUT2D eigenvalue weighted by Gasteiger charge is 2.30. The third kappa shape index (κ3) is 3.64. The van der Waals surface area contributed by atoms with Crippen LogP contribution in [0.5, 0.6) is 0 Å². The van der Waals surface area contributed by atoms with Gasteiger partial charge < -0.3 is 5.11 Å². The summed E-state index contributed by atoms with van der Waals surface area (Å²) in [6.45, 7) is 1.29. The van der Waals surface area contributed by atoms with Gasteiger partial charge in [0.05, 0.1) is 0 Å². The van der Waals surface area contributed by atoms with Crippen LogP contribution >= 0.6 is 15.9 Å². The van der Waals surface area contributed by atoms with E-state index in [1.807, 2.05) is 17.0 Å². The van der Waals surface area contributed by atoms with Gasteiger partial charge in [0.2, 0.25) is 0 Å². The molecule has 0 aliphatic carbocycles. The number of rotatable bonds is 5. The molecular formula is C14H16BrNO3. The zero-order chi connectivity index (χ0) is 13.8. The van der Waals surface area contributed by atoms with Crippen molar-refractivity contribution in [2.45, 2.75) is 25.3 Å². The molecule has 1 aliphatic heterocycles. The summed E-state index contributed by atoms with van der Waals surface area (Å²) in [7, 11) is 0. The minimum absolute atomic E-state index is 0.0588. The van der Waals surface area contributed by atoms with E-state index in [1.54, 1.807) is 12.1 Å². The molecule has 1 unspecified atom stereocenters. The van der Waals surface area contributed by atoms with Crippen molar-refractivity contribution in [3.63, 3.8) is 0 Å². The van der Waals surface area contributed by atoms with Crippen LogP contribution in [0, 0.1) is 0 Å². The van der Waals surface area contributed by atoms with Crippen molar-refractivity contribution in [3.05, 3.63) is 34.3 Å². The lowest BCUT2D eigenvalue weighted by molar-refractivity contribution is -0.142. The number of carbonyl (C=O) groups is 2. The average molecular weight is 326 g/mol. The largest absolute Gasteiger partial charge is 0.480 e. The Kier molecular flexibility index (Phi) is 4.71. The number of nitrogens with zero attached hydrogens (tertiary/aromatic N) is 1. The van der Waals surface area contributed by atoms with Gasteiger partial charge >= 0.3 is 5.97 Å². The van der Waals surface area contributed by atoms with Crippen LogP contribution < -0.4 is 0 Å². The van der Waals surface area contributed by atoms with Crippen LogP contribution in [0.25, 0.3) is 0 Å². The molecule has 0 bridgehead atoms. The van der Waals surface area contributed by atoms with E-state index >= 15 is 0 Å². The third-order valence-electron chi connectivity index (χ3n) is 3.44. The van der Waals surface area contributed by atoms with Crippen LogP contribution in [0.1, 0.15) is 29.6 Å². The standard InChI is InChI=1S/C14H16BrNO3/c15-11-5-3-10(4-6-11)13(17)7-9-16-8-1-2-12(16)14(18)19/h3-6,12H,1-2,7-9H2,(H,18,19).